The van der Waals surface area contributed by atoms with Crippen LogP contribution in [0.4, 0.5) is 0 Å². The van der Waals surface area contributed by atoms with Crippen LogP contribution in [-0.4, -0.2) is 30.9 Å². The Labute approximate surface area is 150 Å². The average Bonchev–Trinajstić information content (AvgIpc) is 3.27. The smallest absolute Gasteiger partial charge is 0.272 e. The molecule has 3 aromatic rings. The Morgan fingerprint density at radius 1 is 1.35 bits per heavy atom. The van der Waals surface area contributed by atoms with Gasteiger partial charge >= 0.3 is 0 Å². The first-order chi connectivity index (χ1) is 12.7. The van der Waals surface area contributed by atoms with E-state index >= 15 is 0 Å². The summed E-state index contributed by atoms with van der Waals surface area (Å²) in [4.78, 5) is 16.6. The molecule has 2 N–H and O–H groups in total. The van der Waals surface area contributed by atoms with Gasteiger partial charge in [-0.2, -0.15) is 10.2 Å². The molecule has 1 aliphatic carbocycles. The molecule has 0 atom stereocenters. The van der Waals surface area contributed by atoms with Crippen molar-refractivity contribution in [3.8, 4) is 5.75 Å². The van der Waals surface area contributed by atoms with Crippen molar-refractivity contribution in [1.29, 1.82) is 0 Å². The monoisotopic (exact) mass is 352 g/mol. The van der Waals surface area contributed by atoms with Gasteiger partial charge in [-0.3, -0.25) is 14.6 Å². The van der Waals surface area contributed by atoms with Crippen LogP contribution in [0.25, 0.3) is 0 Å². The van der Waals surface area contributed by atoms with Crippen LogP contribution in [0.3, 0.4) is 0 Å². The zero-order valence-electron chi connectivity index (χ0n) is 14.5. The van der Waals surface area contributed by atoms with Crippen LogP contribution in [0.15, 0.2) is 36.4 Å². The van der Waals surface area contributed by atoms with E-state index < -0.39 is 0 Å². The molecular formula is C18H20N6O2. The van der Waals surface area contributed by atoms with E-state index in [9.17, 15) is 4.79 Å². The van der Waals surface area contributed by atoms with Gasteiger partial charge in [0.2, 0.25) is 0 Å². The first kappa shape index (κ1) is 16.3. The maximum absolute atomic E-state index is 12.3. The molecule has 8 heteroatoms. The molecule has 1 aliphatic rings. The number of nitrogens with zero attached hydrogens (tertiary/aromatic N) is 4. The molecule has 2 heterocycles. The highest BCUT2D eigenvalue weighted by molar-refractivity contribution is 5.92. The van der Waals surface area contributed by atoms with Crippen molar-refractivity contribution in [3.63, 3.8) is 0 Å². The van der Waals surface area contributed by atoms with Gasteiger partial charge in [0.05, 0.1) is 6.54 Å². The fraction of sp³-hybridized carbons (Fsp3) is 0.333. The summed E-state index contributed by atoms with van der Waals surface area (Å²) in [5, 5.41) is 14.0. The summed E-state index contributed by atoms with van der Waals surface area (Å²) >= 11 is 0. The molecule has 26 heavy (non-hydrogen) atoms. The van der Waals surface area contributed by atoms with Crippen LogP contribution < -0.4 is 10.1 Å². The Morgan fingerprint density at radius 3 is 2.92 bits per heavy atom. The van der Waals surface area contributed by atoms with Gasteiger partial charge < -0.3 is 10.1 Å². The quantitative estimate of drug-likeness (QED) is 0.677. The van der Waals surface area contributed by atoms with E-state index in [1.807, 2.05) is 43.4 Å². The molecule has 1 saturated carbocycles. The number of hydrogen-bond donors (Lipinski definition) is 2. The minimum Gasteiger partial charge on any atom is -0.486 e. The second kappa shape index (κ2) is 6.99. The summed E-state index contributed by atoms with van der Waals surface area (Å²) in [7, 11) is 1.87. The molecule has 134 valence electrons. The normalized spacial score (nSPS) is 13.6. The number of nitrogens with one attached hydrogen (secondary N) is 2. The van der Waals surface area contributed by atoms with Gasteiger partial charge in [0.15, 0.2) is 11.6 Å². The van der Waals surface area contributed by atoms with Crippen molar-refractivity contribution >= 4 is 5.91 Å². The summed E-state index contributed by atoms with van der Waals surface area (Å²) in [6, 6.07) is 11.4. The third-order valence-electron chi connectivity index (χ3n) is 4.25. The fourth-order valence-electron chi connectivity index (χ4n) is 2.75. The highest BCUT2D eigenvalue weighted by Gasteiger charge is 2.28. The lowest BCUT2D eigenvalue weighted by atomic mass is 10.2. The zero-order chi connectivity index (χ0) is 17.9. The number of ether oxygens (including phenoxy) is 1. The van der Waals surface area contributed by atoms with Gasteiger partial charge in [-0.05, 0) is 31.0 Å². The van der Waals surface area contributed by atoms with Crippen LogP contribution >= 0.6 is 0 Å². The van der Waals surface area contributed by atoms with Crippen molar-refractivity contribution in [1.82, 2.24) is 30.3 Å². The lowest BCUT2D eigenvalue weighted by Crippen LogP contribution is -2.24. The number of amides is 1. The molecule has 0 unspecified atom stereocenters. The molecular weight excluding hydrogens is 332 g/mol. The number of aryl methyl sites for hydroxylation is 1. The van der Waals surface area contributed by atoms with Crippen LogP contribution in [0.2, 0.25) is 0 Å². The number of carbonyl (C=O) groups is 1. The number of H-pyrrole nitrogens is 1. The summed E-state index contributed by atoms with van der Waals surface area (Å²) < 4.78 is 7.40. The molecule has 0 bridgehead atoms. The Balaban J connectivity index is 1.30. The molecule has 8 nitrogen and oxygen atoms in total. The highest BCUT2D eigenvalue weighted by atomic mass is 16.5. The van der Waals surface area contributed by atoms with Gasteiger partial charge in [0, 0.05) is 18.7 Å². The lowest BCUT2D eigenvalue weighted by Gasteiger charge is -2.02. The predicted molar refractivity (Wildman–Crippen MR) is 93.5 cm³/mol. The van der Waals surface area contributed by atoms with Gasteiger partial charge in [-0.25, -0.2) is 4.98 Å². The predicted octanol–water partition coefficient (Wildman–Crippen LogP) is 1.92. The second-order valence-corrected chi connectivity index (χ2v) is 6.34. The second-order valence-electron chi connectivity index (χ2n) is 6.34. The van der Waals surface area contributed by atoms with Crippen molar-refractivity contribution in [3.05, 3.63) is 59.4 Å². The summed E-state index contributed by atoms with van der Waals surface area (Å²) in [6.45, 7) is 0.520. The molecule has 0 radical (unpaired) electrons. The average molecular weight is 352 g/mol. The topological polar surface area (TPSA) is 97.7 Å². The molecule has 4 rings (SSSR count). The zero-order valence-corrected chi connectivity index (χ0v) is 14.5. The number of aromatic amines is 1. The van der Waals surface area contributed by atoms with E-state index in [1.165, 1.54) is 12.8 Å². The Hall–Kier alpha value is -3.16. The minimum atomic E-state index is -0.223. The Morgan fingerprint density at radius 2 is 2.15 bits per heavy atom. The van der Waals surface area contributed by atoms with Crippen molar-refractivity contribution in [2.75, 3.05) is 0 Å². The number of aromatic nitrogens is 5. The number of carbonyl (C=O) groups excluding carboxylic acids is 1. The van der Waals surface area contributed by atoms with Gasteiger partial charge in [0.1, 0.15) is 18.1 Å². The third kappa shape index (κ3) is 3.74. The molecule has 0 aliphatic heterocycles. The van der Waals surface area contributed by atoms with Crippen molar-refractivity contribution in [2.24, 2.45) is 7.05 Å². The lowest BCUT2D eigenvalue weighted by molar-refractivity contribution is 0.0944. The SMILES string of the molecule is Cn1nc(C(=O)NCc2n[nH]c(COc3ccccc3)n2)cc1C1CC1. The van der Waals surface area contributed by atoms with Crippen molar-refractivity contribution < 1.29 is 9.53 Å². The Kier molecular flexibility index (Phi) is 4.39. The molecule has 0 saturated heterocycles. The number of para-hydroxylation sites is 1. The van der Waals surface area contributed by atoms with Gasteiger partial charge in [0.25, 0.3) is 5.91 Å². The van der Waals surface area contributed by atoms with E-state index in [0.29, 0.717) is 23.3 Å². The van der Waals surface area contributed by atoms with Crippen LogP contribution in [0, 0.1) is 0 Å². The molecule has 0 spiro atoms. The highest BCUT2D eigenvalue weighted by Crippen LogP contribution is 2.39. The van der Waals surface area contributed by atoms with Crippen LogP contribution in [-0.2, 0) is 20.2 Å². The van der Waals surface area contributed by atoms with E-state index in [-0.39, 0.29) is 19.1 Å². The largest absolute Gasteiger partial charge is 0.486 e. The summed E-state index contributed by atoms with van der Waals surface area (Å²) in [6.07, 6.45) is 2.34. The van der Waals surface area contributed by atoms with Crippen LogP contribution in [0.5, 0.6) is 5.75 Å². The molecule has 1 aromatic carbocycles. The number of benzene rings is 1. The van der Waals surface area contributed by atoms with E-state index in [0.717, 1.165) is 11.4 Å². The van der Waals surface area contributed by atoms with E-state index in [2.05, 4.69) is 25.6 Å². The maximum Gasteiger partial charge on any atom is 0.272 e. The number of rotatable bonds is 7. The van der Waals surface area contributed by atoms with Crippen molar-refractivity contribution in [2.45, 2.75) is 31.9 Å². The third-order valence-corrected chi connectivity index (χ3v) is 4.25. The first-order valence-electron chi connectivity index (χ1n) is 8.59. The Bertz CT molecular complexity index is 898. The van der Waals surface area contributed by atoms with E-state index in [4.69, 9.17) is 4.74 Å². The molecule has 1 fully saturated rings. The number of hydrogen-bond acceptors (Lipinski definition) is 5. The molecule has 2 aromatic heterocycles. The molecule has 1 amide bonds. The van der Waals surface area contributed by atoms with Gasteiger partial charge in [-0.1, -0.05) is 18.2 Å². The van der Waals surface area contributed by atoms with Gasteiger partial charge in [-0.15, -0.1) is 0 Å². The first-order valence-corrected chi connectivity index (χ1v) is 8.59. The summed E-state index contributed by atoms with van der Waals surface area (Å²) in [5.74, 6) is 2.20. The minimum absolute atomic E-state index is 0.223. The van der Waals surface area contributed by atoms with Crippen LogP contribution in [0.1, 0.15) is 46.6 Å². The maximum atomic E-state index is 12.3. The fourth-order valence-corrected chi connectivity index (χ4v) is 2.75. The summed E-state index contributed by atoms with van der Waals surface area (Å²) in [5.41, 5.74) is 1.55. The van der Waals surface area contributed by atoms with E-state index in [1.54, 1.807) is 4.68 Å². The standard InChI is InChI=1S/C18H20N6O2/c1-24-15(12-7-8-12)9-14(23-24)18(25)19-10-16-20-17(22-21-16)11-26-13-5-3-2-4-6-13/h2-6,9,12H,7-8,10-11H2,1H3,(H,19,25)(H,20,21,22).